The van der Waals surface area contributed by atoms with Gasteiger partial charge >= 0.3 is 5.97 Å². The Morgan fingerprint density at radius 2 is 1.82 bits per heavy atom. The Morgan fingerprint density at radius 1 is 1.03 bits per heavy atom. The van der Waals surface area contributed by atoms with Crippen LogP contribution in [0.1, 0.15) is 21.5 Å². The molecule has 1 aliphatic rings. The fourth-order valence-electron chi connectivity index (χ4n) is 4.30. The van der Waals surface area contributed by atoms with Gasteiger partial charge in [0.1, 0.15) is 5.57 Å². The lowest BCUT2D eigenvalue weighted by Crippen LogP contribution is -2.54. The zero-order chi connectivity index (χ0) is 27.0. The lowest BCUT2D eigenvalue weighted by Gasteiger charge is -2.29. The quantitative estimate of drug-likeness (QED) is 0.148. The minimum atomic E-state index is -0.598. The van der Waals surface area contributed by atoms with Gasteiger partial charge in [-0.3, -0.25) is 19.8 Å². The van der Waals surface area contributed by atoms with Gasteiger partial charge in [-0.2, -0.15) is 0 Å². The second-order valence-electron chi connectivity index (χ2n) is 8.48. The summed E-state index contributed by atoms with van der Waals surface area (Å²) < 4.78 is 6.82. The molecule has 1 N–H and O–H groups in total. The number of hydrogen-bond donors (Lipinski definition) is 1. The molecule has 1 saturated heterocycles. The Morgan fingerprint density at radius 3 is 2.58 bits per heavy atom. The third-order valence-corrected chi connectivity index (χ3v) is 7.11. The van der Waals surface area contributed by atoms with Crippen LogP contribution >= 0.6 is 35.4 Å². The maximum Gasteiger partial charge on any atom is 0.337 e. The van der Waals surface area contributed by atoms with Crippen LogP contribution in [0.2, 0.25) is 10.0 Å². The number of aromatic nitrogens is 1. The zero-order valence-corrected chi connectivity index (χ0v) is 22.2. The second-order valence-corrected chi connectivity index (χ2v) is 9.68. The average Bonchev–Trinajstić information content (AvgIpc) is 3.25. The second kappa shape index (κ2) is 10.4. The third kappa shape index (κ3) is 4.81. The average molecular weight is 564 g/mol. The molecule has 0 spiro atoms. The van der Waals surface area contributed by atoms with Crippen molar-refractivity contribution in [2.45, 2.75) is 6.54 Å². The number of benzene rings is 3. The molecule has 0 bridgehead atoms. The number of esters is 1. The number of thiocarbonyl (C=S) groups is 1. The van der Waals surface area contributed by atoms with Gasteiger partial charge in [0.05, 0.1) is 28.4 Å². The summed E-state index contributed by atoms with van der Waals surface area (Å²) in [5.41, 5.74) is 3.20. The van der Waals surface area contributed by atoms with Crippen LogP contribution in [-0.4, -0.2) is 34.6 Å². The number of carbonyl (C=O) groups excluding carboxylic acids is 3. The van der Waals surface area contributed by atoms with Crippen molar-refractivity contribution in [2.24, 2.45) is 0 Å². The van der Waals surface area contributed by atoms with E-state index >= 15 is 0 Å². The largest absolute Gasteiger partial charge is 0.465 e. The number of methoxy groups -OCH3 is 1. The Balaban J connectivity index is 1.54. The SMILES string of the molecule is COC(=O)c1cccc(Cn2cc(/C=C3\C(=O)NC(=S)N(c4ccc(Cl)c(Cl)c4)C3=O)c3ccccc32)c1. The van der Waals surface area contributed by atoms with Crippen LogP contribution in [0.5, 0.6) is 0 Å². The topological polar surface area (TPSA) is 80.6 Å². The Labute approximate surface area is 233 Å². The molecule has 2 heterocycles. The molecule has 5 rings (SSSR count). The van der Waals surface area contributed by atoms with Crippen molar-refractivity contribution in [3.05, 3.63) is 105 Å². The first-order chi connectivity index (χ1) is 18.3. The van der Waals surface area contributed by atoms with Gasteiger partial charge in [0.25, 0.3) is 11.8 Å². The van der Waals surface area contributed by atoms with E-state index in [1.165, 1.54) is 18.1 Å². The van der Waals surface area contributed by atoms with Crippen LogP contribution in [0.25, 0.3) is 17.0 Å². The van der Waals surface area contributed by atoms with E-state index in [-0.39, 0.29) is 15.7 Å². The summed E-state index contributed by atoms with van der Waals surface area (Å²) >= 11 is 17.5. The lowest BCUT2D eigenvalue weighted by atomic mass is 10.1. The fraction of sp³-hybridized carbons (Fsp3) is 0.0714. The minimum Gasteiger partial charge on any atom is -0.465 e. The Kier molecular flexibility index (Phi) is 7.03. The molecule has 0 radical (unpaired) electrons. The van der Waals surface area contributed by atoms with E-state index < -0.39 is 17.8 Å². The summed E-state index contributed by atoms with van der Waals surface area (Å²) in [7, 11) is 1.34. The van der Waals surface area contributed by atoms with Gasteiger partial charge in [0, 0.05) is 29.2 Å². The van der Waals surface area contributed by atoms with Crippen molar-refractivity contribution in [1.82, 2.24) is 9.88 Å². The van der Waals surface area contributed by atoms with Crippen LogP contribution < -0.4 is 10.2 Å². The van der Waals surface area contributed by atoms with Crippen LogP contribution in [0, 0.1) is 0 Å². The highest BCUT2D eigenvalue weighted by Crippen LogP contribution is 2.31. The highest BCUT2D eigenvalue weighted by molar-refractivity contribution is 7.80. The predicted molar refractivity (Wildman–Crippen MR) is 151 cm³/mol. The standard InChI is InChI=1S/C28H19Cl2N3O4S/c1-37-27(36)17-6-4-5-16(11-17)14-32-15-18(20-7-2-3-8-24(20)32)12-21-25(34)31-28(38)33(26(21)35)19-9-10-22(29)23(30)13-19/h2-13,15H,14H2,1H3,(H,31,34,38)/b21-12+. The minimum absolute atomic E-state index is 0.0524. The van der Waals surface area contributed by atoms with Crippen molar-refractivity contribution in [3.8, 4) is 0 Å². The molecule has 3 aromatic carbocycles. The van der Waals surface area contributed by atoms with Crippen molar-refractivity contribution >= 4 is 81.0 Å². The molecule has 10 heteroatoms. The van der Waals surface area contributed by atoms with Gasteiger partial charge < -0.3 is 9.30 Å². The van der Waals surface area contributed by atoms with Gasteiger partial charge in [0.15, 0.2) is 5.11 Å². The van der Waals surface area contributed by atoms with Crippen molar-refractivity contribution < 1.29 is 19.1 Å². The Hall–Kier alpha value is -3.98. The van der Waals surface area contributed by atoms with E-state index in [9.17, 15) is 14.4 Å². The smallest absolute Gasteiger partial charge is 0.337 e. The summed E-state index contributed by atoms with van der Waals surface area (Å²) in [5, 5.41) is 3.96. The molecule has 0 aliphatic carbocycles. The van der Waals surface area contributed by atoms with Crippen LogP contribution in [0.3, 0.4) is 0 Å². The molecule has 1 aliphatic heterocycles. The molecular weight excluding hydrogens is 545 g/mol. The molecule has 0 saturated carbocycles. The number of hydrogen-bond acceptors (Lipinski definition) is 5. The maximum absolute atomic E-state index is 13.5. The number of carbonyl (C=O) groups is 3. The van der Waals surface area contributed by atoms with Crippen LogP contribution in [0.15, 0.2) is 78.5 Å². The number of amides is 2. The van der Waals surface area contributed by atoms with E-state index in [1.807, 2.05) is 41.1 Å². The van der Waals surface area contributed by atoms with E-state index in [1.54, 1.807) is 36.4 Å². The molecule has 0 atom stereocenters. The molecule has 7 nitrogen and oxygen atoms in total. The number of anilines is 1. The van der Waals surface area contributed by atoms with Crippen molar-refractivity contribution in [1.29, 1.82) is 0 Å². The highest BCUT2D eigenvalue weighted by atomic mass is 35.5. The van der Waals surface area contributed by atoms with Gasteiger partial charge in [-0.15, -0.1) is 0 Å². The molecule has 4 aromatic rings. The van der Waals surface area contributed by atoms with Crippen molar-refractivity contribution in [2.75, 3.05) is 12.0 Å². The maximum atomic E-state index is 13.5. The molecule has 1 aromatic heterocycles. The van der Waals surface area contributed by atoms with E-state index in [0.717, 1.165) is 16.5 Å². The molecular formula is C28H19Cl2N3O4S. The van der Waals surface area contributed by atoms with Gasteiger partial charge in [-0.1, -0.05) is 53.5 Å². The first kappa shape index (κ1) is 25.7. The number of ether oxygens (including phenoxy) is 1. The predicted octanol–water partition coefficient (Wildman–Crippen LogP) is 5.61. The number of halogens is 2. The summed E-state index contributed by atoms with van der Waals surface area (Å²) in [5.74, 6) is -1.60. The summed E-state index contributed by atoms with van der Waals surface area (Å²) in [6.45, 7) is 0.453. The third-order valence-electron chi connectivity index (χ3n) is 6.08. The van der Waals surface area contributed by atoms with Crippen LogP contribution in [-0.2, 0) is 20.9 Å². The normalized spacial score (nSPS) is 14.8. The Bertz CT molecular complexity index is 1680. The molecule has 1 fully saturated rings. The summed E-state index contributed by atoms with van der Waals surface area (Å²) in [4.78, 5) is 39.5. The van der Waals surface area contributed by atoms with Gasteiger partial charge in [0.2, 0.25) is 0 Å². The molecule has 38 heavy (non-hydrogen) atoms. The highest BCUT2D eigenvalue weighted by Gasteiger charge is 2.35. The first-order valence-corrected chi connectivity index (χ1v) is 12.5. The molecule has 2 amide bonds. The first-order valence-electron chi connectivity index (χ1n) is 11.4. The van der Waals surface area contributed by atoms with Crippen LogP contribution in [0.4, 0.5) is 5.69 Å². The lowest BCUT2D eigenvalue weighted by molar-refractivity contribution is -0.122. The van der Waals surface area contributed by atoms with E-state index in [2.05, 4.69) is 5.32 Å². The number of fused-ring (bicyclic) bond motifs is 1. The van der Waals surface area contributed by atoms with Gasteiger partial charge in [-0.25, -0.2) is 4.79 Å². The number of rotatable bonds is 5. The summed E-state index contributed by atoms with van der Waals surface area (Å²) in [6.07, 6.45) is 3.41. The van der Waals surface area contributed by atoms with Crippen molar-refractivity contribution in [3.63, 3.8) is 0 Å². The number of para-hydroxylation sites is 1. The van der Waals surface area contributed by atoms with E-state index in [4.69, 9.17) is 40.2 Å². The molecule has 0 unspecified atom stereocenters. The number of nitrogens with zero attached hydrogens (tertiary/aromatic N) is 2. The zero-order valence-electron chi connectivity index (χ0n) is 19.9. The summed E-state index contributed by atoms with van der Waals surface area (Å²) in [6, 6.07) is 19.5. The monoisotopic (exact) mass is 563 g/mol. The fourth-order valence-corrected chi connectivity index (χ4v) is 4.88. The molecule has 190 valence electrons. The number of nitrogens with one attached hydrogen (secondary N) is 1. The van der Waals surface area contributed by atoms with Gasteiger partial charge in [-0.05, 0) is 60.3 Å². The van der Waals surface area contributed by atoms with E-state index in [0.29, 0.717) is 28.4 Å².